The van der Waals surface area contributed by atoms with Gasteiger partial charge in [-0.25, -0.2) is 8.78 Å². The van der Waals surface area contributed by atoms with Gasteiger partial charge in [0, 0.05) is 76.5 Å². The van der Waals surface area contributed by atoms with Crippen LogP contribution in [0.5, 0.6) is 0 Å². The van der Waals surface area contributed by atoms with Crippen LogP contribution in [0.15, 0.2) is 546 Å². The molecule has 0 bridgehead atoms. The lowest BCUT2D eigenvalue weighted by atomic mass is 9.82. The molecule has 700 valence electrons. The SMILES string of the molecule is Fc1ccccc1-c1c(-c2ccccc2F)n(-c2ccc3c4c(cccc24)-c2ccccc2-3)c2ccccc12.c1ccc(-c2c(-c3ccccc3)n(-c3ccc4ccc5c(-n6c(-c7ccccc7)c(-c7ccccc7)c7ccccc76)ccc6ccc3c4c65)c3ccccc23)cc1.c1ccc(-c2c3c(c(-c4ccccc4)c4ccccc24)-c2ccc(-n4c(-c5ccccc5)c(-c5ccccc5)c5ccccc54)c4cccc-3c24)cc1. The van der Waals surface area contributed by atoms with Crippen LogP contribution in [0.25, 0.3) is 287 Å². The summed E-state index contributed by atoms with van der Waals surface area (Å²) < 4.78 is 40.7. The Morgan fingerprint density at radius 2 is 0.353 bits per heavy atom. The average molecular weight is 1910 g/mol. The van der Waals surface area contributed by atoms with Crippen LogP contribution >= 0.6 is 0 Å². The van der Waals surface area contributed by atoms with Gasteiger partial charge >= 0.3 is 0 Å². The minimum atomic E-state index is -0.350. The molecule has 4 heterocycles. The number of hydrogen-bond donors (Lipinski definition) is 0. The van der Waals surface area contributed by atoms with E-state index in [0.29, 0.717) is 22.4 Å². The summed E-state index contributed by atoms with van der Waals surface area (Å²) in [7, 11) is 0. The predicted molar refractivity (Wildman–Crippen MR) is 626 cm³/mol. The molecule has 29 aromatic rings. The summed E-state index contributed by atoms with van der Waals surface area (Å²) in [5.41, 5.74) is 40.8. The molecule has 0 saturated heterocycles. The van der Waals surface area contributed by atoms with Crippen molar-refractivity contribution in [2.45, 2.75) is 0 Å². The number of fused-ring (bicyclic) bond motifs is 11. The van der Waals surface area contributed by atoms with Gasteiger partial charge in [-0.05, 0) is 210 Å². The molecule has 0 atom stereocenters. The quantitative estimate of drug-likeness (QED) is 0.0967. The van der Waals surface area contributed by atoms with E-state index in [1.165, 1.54) is 255 Å². The molecule has 2 aliphatic carbocycles. The normalized spacial score (nSPS) is 11.8. The molecule has 150 heavy (non-hydrogen) atoms. The van der Waals surface area contributed by atoms with E-state index in [1.54, 1.807) is 24.3 Å². The standard InChI is InChI=1S/C56H36N2.C52H33N.C36H21F2N/c1-5-17-37(18-6-1)53-43-25-13-15-27-47(43)57(55(53)41-21-9-3-10-22-41)49-35-31-39-30-34-46-50(36-32-40-29-33-45(49)51(39)52(40)46)58-48-28-16-14-26-44(48)54(38-19-7-2-8-20-38)56(58)42-23-11-4-12-24-42;1-5-18-34(19-6-1)46-38-26-13-14-27-39(38)47(35-20-7-2-8-21-35)51-43-32-33-45(41-29-17-30-42(49(41)43)50(46)51)53-44-31-16-15-28-40(44)48(36-22-9-3-10-23-36)52(53)37-24-11-4-12-25-37;37-30-17-6-3-12-26(30)35-29-14-5-8-19-32(29)39(36(35)27-13-4-7-18-31(27)38)33-21-20-25-23-11-2-1-10-22(23)24-15-9-16-28(33)34(24)25/h1-36H;1-33H;1-21H. The van der Waals surface area contributed by atoms with Gasteiger partial charge in [0.2, 0.25) is 0 Å². The Balaban J connectivity index is 0.000000108. The number of aromatic nitrogens is 4. The topological polar surface area (TPSA) is 19.7 Å². The number of nitrogens with zero attached hydrogens (tertiary/aromatic N) is 4. The third-order valence-corrected chi connectivity index (χ3v) is 31.1. The Morgan fingerprint density at radius 1 is 0.120 bits per heavy atom. The van der Waals surface area contributed by atoms with Crippen molar-refractivity contribution >= 4 is 108 Å². The molecular weight excluding hydrogens is 1820 g/mol. The van der Waals surface area contributed by atoms with Gasteiger partial charge < -0.3 is 18.3 Å². The van der Waals surface area contributed by atoms with Crippen molar-refractivity contribution < 1.29 is 8.78 Å². The zero-order valence-electron chi connectivity index (χ0n) is 81.5. The van der Waals surface area contributed by atoms with Crippen molar-refractivity contribution in [2.24, 2.45) is 0 Å². The lowest BCUT2D eigenvalue weighted by Crippen LogP contribution is -2.01. The Kier molecular flexibility index (Phi) is 20.7. The van der Waals surface area contributed by atoms with Crippen molar-refractivity contribution in [3.63, 3.8) is 0 Å². The zero-order valence-corrected chi connectivity index (χ0v) is 81.5. The molecule has 0 spiro atoms. The molecule has 0 unspecified atom stereocenters. The highest BCUT2D eigenvalue weighted by atomic mass is 19.1. The fourth-order valence-electron chi connectivity index (χ4n) is 25.0. The molecule has 0 saturated carbocycles. The van der Waals surface area contributed by atoms with Crippen molar-refractivity contribution in [1.29, 1.82) is 0 Å². The van der Waals surface area contributed by atoms with Crippen LogP contribution in [-0.2, 0) is 0 Å². The molecule has 0 radical (unpaired) electrons. The molecule has 25 aromatic carbocycles. The lowest BCUT2D eigenvalue weighted by Gasteiger charge is -2.20. The lowest BCUT2D eigenvalue weighted by molar-refractivity contribution is 0.628. The summed E-state index contributed by atoms with van der Waals surface area (Å²) in [5, 5.41) is 19.5. The molecule has 2 aliphatic rings. The third kappa shape index (κ3) is 13.7. The molecule has 4 aromatic heterocycles. The minimum absolute atomic E-state index is 0.339. The Labute approximate surface area is 865 Å². The predicted octanol–water partition coefficient (Wildman–Crippen LogP) is 39.4. The molecule has 0 fully saturated rings. The molecule has 6 heteroatoms. The molecule has 31 rings (SSSR count). The van der Waals surface area contributed by atoms with Crippen LogP contribution in [0.2, 0.25) is 0 Å². The second-order valence-corrected chi connectivity index (χ2v) is 39.1. The van der Waals surface area contributed by atoms with Crippen LogP contribution in [0.3, 0.4) is 0 Å². The van der Waals surface area contributed by atoms with Gasteiger partial charge in [0.25, 0.3) is 0 Å². The van der Waals surface area contributed by atoms with Crippen LogP contribution < -0.4 is 0 Å². The van der Waals surface area contributed by atoms with Gasteiger partial charge in [-0.15, -0.1) is 0 Å². The number of halogens is 2. The fourth-order valence-corrected chi connectivity index (χ4v) is 25.0. The van der Waals surface area contributed by atoms with Crippen LogP contribution in [0, 0.1) is 11.6 Å². The summed E-state index contributed by atoms with van der Waals surface area (Å²) in [4.78, 5) is 0. The van der Waals surface area contributed by atoms with Gasteiger partial charge in [-0.2, -0.15) is 0 Å². The summed E-state index contributed by atoms with van der Waals surface area (Å²) in [6.45, 7) is 0. The maximum absolute atomic E-state index is 15.6. The maximum atomic E-state index is 15.6. The maximum Gasteiger partial charge on any atom is 0.132 e. The van der Waals surface area contributed by atoms with Crippen molar-refractivity contribution in [3.8, 4) is 179 Å². The summed E-state index contributed by atoms with van der Waals surface area (Å²) in [6, 6.07) is 194. The van der Waals surface area contributed by atoms with Crippen molar-refractivity contribution in [3.05, 3.63) is 558 Å². The summed E-state index contributed by atoms with van der Waals surface area (Å²) in [6.07, 6.45) is 0. The van der Waals surface area contributed by atoms with E-state index < -0.39 is 0 Å². The Hall–Kier alpha value is -19.7. The number of hydrogen-bond acceptors (Lipinski definition) is 0. The highest BCUT2D eigenvalue weighted by molar-refractivity contribution is 6.31. The van der Waals surface area contributed by atoms with Crippen LogP contribution in [-0.4, -0.2) is 18.3 Å². The molecular formula is C144H90F2N4. The zero-order chi connectivity index (χ0) is 99.1. The first kappa shape index (κ1) is 87.0. The second kappa shape index (κ2) is 35.7. The summed E-state index contributed by atoms with van der Waals surface area (Å²) in [5.74, 6) is -0.689. The van der Waals surface area contributed by atoms with Gasteiger partial charge in [0.1, 0.15) is 11.6 Å². The van der Waals surface area contributed by atoms with E-state index in [2.05, 4.69) is 491 Å². The third-order valence-electron chi connectivity index (χ3n) is 31.1. The monoisotopic (exact) mass is 1910 g/mol. The van der Waals surface area contributed by atoms with E-state index in [0.717, 1.165) is 22.0 Å². The Morgan fingerprint density at radius 3 is 0.720 bits per heavy atom. The van der Waals surface area contributed by atoms with Crippen LogP contribution in [0.1, 0.15) is 0 Å². The highest BCUT2D eigenvalue weighted by Crippen LogP contribution is 2.61. The fraction of sp³-hybridized carbons (Fsp3) is 0. The molecule has 4 nitrogen and oxygen atoms in total. The number of rotatable bonds is 14. The van der Waals surface area contributed by atoms with E-state index in [-0.39, 0.29) is 11.6 Å². The highest BCUT2D eigenvalue weighted by Gasteiger charge is 2.36. The summed E-state index contributed by atoms with van der Waals surface area (Å²) >= 11 is 0. The molecule has 0 aliphatic heterocycles. The van der Waals surface area contributed by atoms with Crippen LogP contribution in [0.4, 0.5) is 8.78 Å². The van der Waals surface area contributed by atoms with Crippen molar-refractivity contribution in [1.82, 2.24) is 18.3 Å². The van der Waals surface area contributed by atoms with Gasteiger partial charge in [0.15, 0.2) is 0 Å². The first-order valence-corrected chi connectivity index (χ1v) is 51.4. The van der Waals surface area contributed by atoms with E-state index in [1.807, 2.05) is 36.4 Å². The first-order chi connectivity index (χ1) is 74.4. The number of para-hydroxylation sites is 4. The Bertz CT molecular complexity index is 10100. The largest absolute Gasteiger partial charge is 0.308 e. The molecule has 0 N–H and O–H groups in total. The van der Waals surface area contributed by atoms with E-state index in [9.17, 15) is 0 Å². The first-order valence-electron chi connectivity index (χ1n) is 51.4. The van der Waals surface area contributed by atoms with Gasteiger partial charge in [-0.1, -0.05) is 479 Å². The van der Waals surface area contributed by atoms with E-state index >= 15 is 8.78 Å². The van der Waals surface area contributed by atoms with Gasteiger partial charge in [-0.3, -0.25) is 0 Å². The smallest absolute Gasteiger partial charge is 0.132 e. The van der Waals surface area contributed by atoms with E-state index in [4.69, 9.17) is 0 Å². The minimum Gasteiger partial charge on any atom is -0.308 e. The van der Waals surface area contributed by atoms with Gasteiger partial charge in [0.05, 0.1) is 67.6 Å². The average Bonchev–Trinajstić information content (AvgIpc) is 1.62. The van der Waals surface area contributed by atoms with Crippen molar-refractivity contribution in [2.75, 3.05) is 0 Å². The number of benzene rings is 25. The molecule has 0 amide bonds. The second-order valence-electron chi connectivity index (χ2n) is 39.1.